The first-order chi connectivity index (χ1) is 9.47. The van der Waals surface area contributed by atoms with Gasteiger partial charge in [-0.05, 0) is 36.6 Å². The van der Waals surface area contributed by atoms with Crippen LogP contribution in [0.1, 0.15) is 25.8 Å². The first-order valence-electron chi connectivity index (χ1n) is 6.54. The van der Waals surface area contributed by atoms with Crippen molar-refractivity contribution in [2.24, 2.45) is 0 Å². The lowest BCUT2D eigenvalue weighted by molar-refractivity contribution is -0.137. The van der Waals surface area contributed by atoms with Crippen LogP contribution in [0.25, 0.3) is 0 Å². The zero-order valence-corrected chi connectivity index (χ0v) is 13.2. The van der Waals surface area contributed by atoms with Crippen molar-refractivity contribution in [2.45, 2.75) is 26.7 Å². The molecule has 0 spiro atoms. The SMILES string of the molecule is CCCN(CC(=O)O)C(=O)Nc1ccc(Br)cc1CC. The molecule has 2 N–H and O–H groups in total. The highest BCUT2D eigenvalue weighted by Gasteiger charge is 2.16. The van der Waals surface area contributed by atoms with Gasteiger partial charge in [-0.3, -0.25) is 4.79 Å². The van der Waals surface area contributed by atoms with E-state index in [4.69, 9.17) is 5.11 Å². The van der Waals surface area contributed by atoms with Gasteiger partial charge in [0, 0.05) is 16.7 Å². The molecule has 0 heterocycles. The zero-order valence-electron chi connectivity index (χ0n) is 11.6. The highest BCUT2D eigenvalue weighted by Crippen LogP contribution is 2.22. The lowest BCUT2D eigenvalue weighted by Gasteiger charge is -2.21. The van der Waals surface area contributed by atoms with Gasteiger partial charge in [-0.1, -0.05) is 29.8 Å². The third-order valence-electron chi connectivity index (χ3n) is 2.80. The van der Waals surface area contributed by atoms with E-state index >= 15 is 0 Å². The maximum absolute atomic E-state index is 12.1. The van der Waals surface area contributed by atoms with Crippen LogP contribution in [0.15, 0.2) is 22.7 Å². The van der Waals surface area contributed by atoms with Gasteiger partial charge in [0.25, 0.3) is 0 Å². The van der Waals surface area contributed by atoms with E-state index in [2.05, 4.69) is 21.2 Å². The van der Waals surface area contributed by atoms with Gasteiger partial charge < -0.3 is 15.3 Å². The fraction of sp³-hybridized carbons (Fsp3) is 0.429. The molecule has 6 heteroatoms. The van der Waals surface area contributed by atoms with E-state index in [0.717, 1.165) is 16.5 Å². The standard InChI is InChI=1S/C14H19BrN2O3/c1-3-7-17(9-13(18)19)14(20)16-12-6-5-11(15)8-10(12)4-2/h5-6,8H,3-4,7,9H2,1-2H3,(H,16,20)(H,18,19). The predicted octanol–water partition coefficient (Wildman–Crippen LogP) is 3.34. The normalized spacial score (nSPS) is 10.2. The summed E-state index contributed by atoms with van der Waals surface area (Å²) in [7, 11) is 0. The number of carboxylic acid groups (broad SMARTS) is 1. The number of aliphatic carboxylic acids is 1. The Morgan fingerprint density at radius 1 is 1.35 bits per heavy atom. The van der Waals surface area contributed by atoms with Crippen molar-refractivity contribution in [2.75, 3.05) is 18.4 Å². The summed E-state index contributed by atoms with van der Waals surface area (Å²) in [6.45, 7) is 4.02. The minimum atomic E-state index is -1.01. The second-order valence-corrected chi connectivity index (χ2v) is 5.32. The largest absolute Gasteiger partial charge is 0.480 e. The maximum Gasteiger partial charge on any atom is 0.323 e. The van der Waals surface area contributed by atoms with Gasteiger partial charge in [0.1, 0.15) is 6.54 Å². The second-order valence-electron chi connectivity index (χ2n) is 4.40. The van der Waals surface area contributed by atoms with Gasteiger partial charge >= 0.3 is 12.0 Å². The Morgan fingerprint density at radius 3 is 2.60 bits per heavy atom. The smallest absolute Gasteiger partial charge is 0.323 e. The van der Waals surface area contributed by atoms with E-state index in [0.29, 0.717) is 18.7 Å². The minimum absolute atomic E-state index is 0.294. The molecule has 1 aromatic carbocycles. The lowest BCUT2D eigenvalue weighted by atomic mass is 10.1. The van der Waals surface area contributed by atoms with Crippen molar-refractivity contribution < 1.29 is 14.7 Å². The number of carbonyl (C=O) groups is 2. The molecule has 0 aromatic heterocycles. The molecule has 5 nitrogen and oxygen atoms in total. The molecule has 0 bridgehead atoms. The number of nitrogens with zero attached hydrogens (tertiary/aromatic N) is 1. The van der Waals surface area contributed by atoms with Gasteiger partial charge in [-0.15, -0.1) is 0 Å². The molecule has 0 aliphatic carbocycles. The van der Waals surface area contributed by atoms with E-state index in [1.165, 1.54) is 4.90 Å². The molecule has 110 valence electrons. The van der Waals surface area contributed by atoms with Gasteiger partial charge in [-0.2, -0.15) is 0 Å². The van der Waals surface area contributed by atoms with E-state index < -0.39 is 5.97 Å². The third kappa shape index (κ3) is 4.85. The fourth-order valence-electron chi connectivity index (χ4n) is 1.86. The highest BCUT2D eigenvalue weighted by molar-refractivity contribution is 9.10. The zero-order chi connectivity index (χ0) is 15.1. The summed E-state index contributed by atoms with van der Waals surface area (Å²) in [6, 6.07) is 5.21. The quantitative estimate of drug-likeness (QED) is 0.832. The minimum Gasteiger partial charge on any atom is -0.480 e. The van der Waals surface area contributed by atoms with Gasteiger partial charge in [0.05, 0.1) is 0 Å². The molecule has 0 saturated heterocycles. The van der Waals surface area contributed by atoms with Crippen molar-refractivity contribution in [1.29, 1.82) is 0 Å². The summed E-state index contributed by atoms with van der Waals surface area (Å²) in [5.41, 5.74) is 1.71. The molecule has 1 rings (SSSR count). The van der Waals surface area contributed by atoms with Gasteiger partial charge in [-0.25, -0.2) is 4.79 Å². The summed E-state index contributed by atoms with van der Waals surface area (Å²) >= 11 is 3.39. The van der Waals surface area contributed by atoms with Crippen LogP contribution in [-0.4, -0.2) is 35.1 Å². The number of anilines is 1. The van der Waals surface area contributed by atoms with Crippen molar-refractivity contribution in [3.8, 4) is 0 Å². The summed E-state index contributed by atoms with van der Waals surface area (Å²) in [5, 5.41) is 11.6. The molecular formula is C14H19BrN2O3. The molecule has 2 amide bonds. The highest BCUT2D eigenvalue weighted by atomic mass is 79.9. The number of amides is 2. The number of urea groups is 1. The summed E-state index contributed by atoms with van der Waals surface area (Å²) < 4.78 is 0.947. The Morgan fingerprint density at radius 2 is 2.05 bits per heavy atom. The number of halogens is 1. The van der Waals surface area contributed by atoms with Crippen LogP contribution < -0.4 is 5.32 Å². The van der Waals surface area contributed by atoms with Gasteiger partial charge in [0.15, 0.2) is 0 Å². The predicted molar refractivity (Wildman–Crippen MR) is 82.0 cm³/mol. The molecule has 0 unspecified atom stereocenters. The Hall–Kier alpha value is -1.56. The molecule has 1 aromatic rings. The number of aryl methyl sites for hydroxylation is 1. The Balaban J connectivity index is 2.84. The number of carboxylic acids is 1. The second kappa shape index (κ2) is 7.89. The third-order valence-corrected chi connectivity index (χ3v) is 3.29. The average molecular weight is 343 g/mol. The van der Waals surface area contributed by atoms with E-state index in [9.17, 15) is 9.59 Å². The summed E-state index contributed by atoms with van der Waals surface area (Å²) in [5.74, 6) is -1.01. The fourth-order valence-corrected chi connectivity index (χ4v) is 2.27. The first kappa shape index (κ1) is 16.5. The molecule has 0 saturated carbocycles. The molecule has 0 fully saturated rings. The Bertz CT molecular complexity index is 491. The van der Waals surface area contributed by atoms with Crippen molar-refractivity contribution >= 4 is 33.6 Å². The van der Waals surface area contributed by atoms with Crippen LogP contribution in [0.3, 0.4) is 0 Å². The summed E-state index contributed by atoms with van der Waals surface area (Å²) in [6.07, 6.45) is 1.49. The topological polar surface area (TPSA) is 69.6 Å². The number of benzene rings is 1. The Labute approximate surface area is 127 Å². The molecule has 20 heavy (non-hydrogen) atoms. The molecular weight excluding hydrogens is 324 g/mol. The van der Waals surface area contributed by atoms with E-state index in [1.54, 1.807) is 0 Å². The average Bonchev–Trinajstić information content (AvgIpc) is 2.39. The number of carbonyl (C=O) groups excluding carboxylic acids is 1. The van der Waals surface area contributed by atoms with Crippen LogP contribution in [0.5, 0.6) is 0 Å². The lowest BCUT2D eigenvalue weighted by Crippen LogP contribution is -2.39. The van der Waals surface area contributed by atoms with Crippen LogP contribution in [0, 0.1) is 0 Å². The first-order valence-corrected chi connectivity index (χ1v) is 7.33. The van der Waals surface area contributed by atoms with Crippen LogP contribution in [-0.2, 0) is 11.2 Å². The monoisotopic (exact) mass is 342 g/mol. The van der Waals surface area contributed by atoms with Gasteiger partial charge in [0.2, 0.25) is 0 Å². The van der Waals surface area contributed by atoms with Crippen LogP contribution in [0.2, 0.25) is 0 Å². The number of rotatable bonds is 6. The summed E-state index contributed by atoms with van der Waals surface area (Å²) in [4.78, 5) is 24.2. The number of nitrogens with one attached hydrogen (secondary N) is 1. The molecule has 0 radical (unpaired) electrons. The number of hydrogen-bond acceptors (Lipinski definition) is 2. The van der Waals surface area contributed by atoms with Crippen molar-refractivity contribution in [3.63, 3.8) is 0 Å². The molecule has 0 aliphatic rings. The Kier molecular flexibility index (Phi) is 6.51. The molecule has 0 atom stereocenters. The van der Waals surface area contributed by atoms with E-state index in [1.807, 2.05) is 32.0 Å². The van der Waals surface area contributed by atoms with E-state index in [-0.39, 0.29) is 12.6 Å². The van der Waals surface area contributed by atoms with Crippen LogP contribution in [0.4, 0.5) is 10.5 Å². The van der Waals surface area contributed by atoms with Crippen molar-refractivity contribution in [1.82, 2.24) is 4.90 Å². The number of hydrogen-bond donors (Lipinski definition) is 2. The van der Waals surface area contributed by atoms with Crippen molar-refractivity contribution in [3.05, 3.63) is 28.2 Å². The maximum atomic E-state index is 12.1. The van der Waals surface area contributed by atoms with Crippen LogP contribution >= 0.6 is 15.9 Å². The molecule has 0 aliphatic heterocycles.